The molecule has 3 amide bonds. The van der Waals surface area contributed by atoms with Crippen molar-refractivity contribution in [2.45, 2.75) is 37.8 Å². The van der Waals surface area contributed by atoms with Gasteiger partial charge in [-0.1, -0.05) is 42.5 Å². The molecule has 3 aromatic rings. The molecule has 0 radical (unpaired) electrons. The lowest BCUT2D eigenvalue weighted by atomic mass is 9.88. The number of rotatable bonds is 10. The van der Waals surface area contributed by atoms with E-state index in [9.17, 15) is 44.5 Å². The first-order chi connectivity index (χ1) is 21.0. The minimum atomic E-state index is -1.54. The summed E-state index contributed by atoms with van der Waals surface area (Å²) in [5.41, 5.74) is 0.233. The first-order valence-electron chi connectivity index (χ1n) is 13.3. The van der Waals surface area contributed by atoms with Crippen molar-refractivity contribution in [2.24, 2.45) is 0 Å². The lowest BCUT2D eigenvalue weighted by Gasteiger charge is -2.51. The van der Waals surface area contributed by atoms with Gasteiger partial charge in [0.05, 0.1) is 33.1 Å². The van der Waals surface area contributed by atoms with Crippen molar-refractivity contribution >= 4 is 41.1 Å². The van der Waals surface area contributed by atoms with Crippen LogP contribution in [0.25, 0.3) is 6.08 Å². The topological polar surface area (TPSA) is 190 Å². The number of amides is 3. The third-order valence-electron chi connectivity index (χ3n) is 7.35. The maximum Gasteiger partial charge on any atom is 0.331 e. The molecule has 14 heteroatoms. The summed E-state index contributed by atoms with van der Waals surface area (Å²) in [7, 11) is 0. The number of nitrogens with zero attached hydrogens (tertiary/aromatic N) is 4. The van der Waals surface area contributed by atoms with E-state index < -0.39 is 63.5 Å². The van der Waals surface area contributed by atoms with Crippen molar-refractivity contribution in [2.75, 3.05) is 0 Å². The summed E-state index contributed by atoms with van der Waals surface area (Å²) in [6.07, 6.45) is 1.70. The van der Waals surface area contributed by atoms with E-state index in [0.717, 1.165) is 23.1 Å². The first kappa shape index (κ1) is 29.7. The van der Waals surface area contributed by atoms with E-state index in [1.807, 2.05) is 0 Å². The molecular formula is C30H24N4O10. The Morgan fingerprint density at radius 2 is 1.55 bits per heavy atom. The van der Waals surface area contributed by atoms with Gasteiger partial charge < -0.3 is 14.7 Å². The third kappa shape index (κ3) is 5.41. The van der Waals surface area contributed by atoms with Crippen LogP contribution in [0.15, 0.2) is 78.9 Å². The minimum Gasteiger partial charge on any atom is -0.459 e. The van der Waals surface area contributed by atoms with Gasteiger partial charge in [-0.2, -0.15) is 0 Å². The van der Waals surface area contributed by atoms with Gasteiger partial charge in [0, 0.05) is 24.3 Å². The highest BCUT2D eigenvalue weighted by atomic mass is 16.6. The molecule has 2 heterocycles. The zero-order chi connectivity index (χ0) is 31.7. The number of β-lactam (4-membered cyclic amide) rings is 1. The quantitative estimate of drug-likeness (QED) is 0.119. The van der Waals surface area contributed by atoms with Crippen molar-refractivity contribution < 1.29 is 38.9 Å². The fourth-order valence-electron chi connectivity index (χ4n) is 5.18. The van der Waals surface area contributed by atoms with Crippen molar-refractivity contribution in [3.8, 4) is 0 Å². The molecule has 0 unspecified atom stereocenters. The monoisotopic (exact) mass is 600 g/mol. The Kier molecular flexibility index (Phi) is 8.01. The van der Waals surface area contributed by atoms with Gasteiger partial charge in [0.1, 0.15) is 12.6 Å². The molecule has 2 aliphatic rings. The number of esters is 1. The molecule has 2 aliphatic heterocycles. The number of non-ortho nitro benzene ring substituents is 2. The standard InChI is InChI=1S/C30H24N4O10/c1-17(35)25(30(39)44-16-19-7-10-20(11-8-19)33(40)41)31-24(14-9-18-5-3-2-4-6-18)26(29(31)38)32-27(36)22-13-12-21(34(42)43)15-23(22)28(32)37/h2-15,17,24-26,35H,16H2,1H3/b14-9+/t17-,24+,25+,26-/m0/s1. The predicted molar refractivity (Wildman–Crippen MR) is 152 cm³/mol. The summed E-state index contributed by atoms with van der Waals surface area (Å²) in [5.74, 6) is -3.54. The van der Waals surface area contributed by atoms with Gasteiger partial charge >= 0.3 is 5.97 Å². The van der Waals surface area contributed by atoms with E-state index in [1.165, 1.54) is 37.3 Å². The molecule has 224 valence electrons. The number of carbonyl (C=O) groups is 4. The van der Waals surface area contributed by atoms with E-state index in [4.69, 9.17) is 4.74 Å². The van der Waals surface area contributed by atoms with E-state index in [-0.39, 0.29) is 23.4 Å². The zero-order valence-electron chi connectivity index (χ0n) is 23.0. The molecule has 0 aromatic heterocycles. The summed E-state index contributed by atoms with van der Waals surface area (Å²) in [6.45, 7) is 0.963. The SMILES string of the molecule is C[C@H](O)[C@H](C(=O)OCc1ccc([N+](=O)[O-])cc1)N1C(=O)[C@@H](N2C(=O)c3ccc([N+](=O)[O-])cc3C2=O)[C@H]1/C=C/c1ccccc1. The second-order valence-electron chi connectivity index (χ2n) is 10.1. The summed E-state index contributed by atoms with van der Waals surface area (Å²) in [4.78, 5) is 76.2. The third-order valence-corrected chi connectivity index (χ3v) is 7.35. The largest absolute Gasteiger partial charge is 0.459 e. The molecule has 0 bridgehead atoms. The van der Waals surface area contributed by atoms with Gasteiger partial charge in [-0.15, -0.1) is 0 Å². The smallest absolute Gasteiger partial charge is 0.331 e. The molecule has 1 N–H and O–H groups in total. The second kappa shape index (κ2) is 11.9. The highest BCUT2D eigenvalue weighted by Crippen LogP contribution is 2.37. The number of nitro groups is 2. The van der Waals surface area contributed by atoms with Crippen molar-refractivity contribution in [1.29, 1.82) is 0 Å². The maximum atomic E-state index is 13.7. The van der Waals surface area contributed by atoms with Crippen LogP contribution in [0.1, 0.15) is 38.8 Å². The Balaban J connectivity index is 1.44. The molecular weight excluding hydrogens is 576 g/mol. The number of ether oxygens (including phenoxy) is 1. The molecule has 0 spiro atoms. The van der Waals surface area contributed by atoms with Crippen molar-refractivity contribution in [3.05, 3.63) is 121 Å². The van der Waals surface area contributed by atoms with Crippen LogP contribution in [-0.4, -0.2) is 72.7 Å². The lowest BCUT2D eigenvalue weighted by Crippen LogP contribution is -2.75. The number of carbonyl (C=O) groups excluding carboxylic acids is 4. The fraction of sp³-hybridized carbons (Fsp3) is 0.200. The zero-order valence-corrected chi connectivity index (χ0v) is 23.0. The number of imide groups is 1. The molecule has 5 rings (SSSR count). The van der Waals surface area contributed by atoms with Gasteiger partial charge in [-0.3, -0.25) is 39.5 Å². The van der Waals surface area contributed by atoms with Crippen LogP contribution in [0.4, 0.5) is 11.4 Å². The van der Waals surface area contributed by atoms with E-state index in [2.05, 4.69) is 0 Å². The Hall–Kier alpha value is -5.76. The molecule has 3 aromatic carbocycles. The van der Waals surface area contributed by atoms with Crippen molar-refractivity contribution in [3.63, 3.8) is 0 Å². The summed E-state index contributed by atoms with van der Waals surface area (Å²) in [5, 5.41) is 32.8. The minimum absolute atomic E-state index is 0.104. The predicted octanol–water partition coefficient (Wildman–Crippen LogP) is 2.88. The summed E-state index contributed by atoms with van der Waals surface area (Å²) in [6, 6.07) is 13.3. The van der Waals surface area contributed by atoms with E-state index in [1.54, 1.807) is 36.4 Å². The van der Waals surface area contributed by atoms with Crippen LogP contribution in [0, 0.1) is 20.2 Å². The molecule has 44 heavy (non-hydrogen) atoms. The Bertz CT molecular complexity index is 1700. The molecule has 14 nitrogen and oxygen atoms in total. The average Bonchev–Trinajstić information content (AvgIpc) is 3.25. The van der Waals surface area contributed by atoms with Gasteiger partial charge in [-0.25, -0.2) is 4.79 Å². The van der Waals surface area contributed by atoms with Crippen LogP contribution in [0.2, 0.25) is 0 Å². The van der Waals surface area contributed by atoms with Gasteiger partial charge in [0.15, 0.2) is 6.04 Å². The van der Waals surface area contributed by atoms with Gasteiger partial charge in [0.2, 0.25) is 5.91 Å². The normalized spacial score (nSPS) is 19.0. The molecule has 0 saturated carbocycles. The molecule has 1 fully saturated rings. The van der Waals surface area contributed by atoms with Crippen LogP contribution in [0.5, 0.6) is 0 Å². The summed E-state index contributed by atoms with van der Waals surface area (Å²) >= 11 is 0. The number of benzene rings is 3. The van der Waals surface area contributed by atoms with Gasteiger partial charge in [-0.05, 0) is 36.2 Å². The fourth-order valence-corrected chi connectivity index (χ4v) is 5.18. The van der Waals surface area contributed by atoms with E-state index in [0.29, 0.717) is 16.0 Å². The van der Waals surface area contributed by atoms with Crippen LogP contribution < -0.4 is 0 Å². The number of hydrogen-bond acceptors (Lipinski definition) is 10. The highest BCUT2D eigenvalue weighted by Gasteiger charge is 2.59. The van der Waals surface area contributed by atoms with E-state index >= 15 is 0 Å². The second-order valence-corrected chi connectivity index (χ2v) is 10.1. The number of nitro benzene ring substituents is 2. The number of fused-ring (bicyclic) bond motifs is 1. The van der Waals surface area contributed by atoms with Crippen LogP contribution in [0.3, 0.4) is 0 Å². The first-order valence-corrected chi connectivity index (χ1v) is 13.3. The Labute approximate surface area is 249 Å². The number of likely N-dealkylation sites (tertiary alicyclic amines) is 1. The molecule has 0 aliphatic carbocycles. The highest BCUT2D eigenvalue weighted by molar-refractivity contribution is 6.23. The lowest BCUT2D eigenvalue weighted by molar-refractivity contribution is -0.385. The Morgan fingerprint density at radius 1 is 0.932 bits per heavy atom. The number of hydrogen-bond donors (Lipinski definition) is 1. The maximum absolute atomic E-state index is 13.7. The van der Waals surface area contributed by atoms with Gasteiger partial charge in [0.25, 0.3) is 23.2 Å². The molecule has 1 saturated heterocycles. The van der Waals surface area contributed by atoms with Crippen LogP contribution in [-0.2, 0) is 20.9 Å². The molecule has 4 atom stereocenters. The number of aliphatic hydroxyl groups excluding tert-OH is 1. The van der Waals surface area contributed by atoms with Crippen molar-refractivity contribution in [1.82, 2.24) is 9.80 Å². The summed E-state index contributed by atoms with van der Waals surface area (Å²) < 4.78 is 5.36. The Morgan fingerprint density at radius 3 is 2.16 bits per heavy atom. The number of aliphatic hydroxyl groups is 1. The average molecular weight is 601 g/mol. The van der Waals surface area contributed by atoms with Crippen LogP contribution >= 0.6 is 0 Å².